The van der Waals surface area contributed by atoms with Gasteiger partial charge in [-0.05, 0) is 46.6 Å². The van der Waals surface area contributed by atoms with Crippen LogP contribution in [0, 0.1) is 0 Å². The highest BCUT2D eigenvalue weighted by Crippen LogP contribution is 2.49. The predicted molar refractivity (Wildman–Crippen MR) is 208 cm³/mol. The van der Waals surface area contributed by atoms with Crippen molar-refractivity contribution in [2.75, 3.05) is 0 Å². The number of hydrogen-bond donors (Lipinski definition) is 0. The van der Waals surface area contributed by atoms with Crippen molar-refractivity contribution in [3.8, 4) is 23.8 Å². The lowest BCUT2D eigenvalue weighted by Crippen LogP contribution is -2.23. The van der Waals surface area contributed by atoms with E-state index in [0.29, 0.717) is 62.0 Å². The van der Waals surface area contributed by atoms with E-state index in [1.54, 1.807) is 12.3 Å². The van der Waals surface area contributed by atoms with Gasteiger partial charge < -0.3 is 18.9 Å². The van der Waals surface area contributed by atoms with E-state index in [4.69, 9.17) is 23.9 Å². The highest BCUT2D eigenvalue weighted by molar-refractivity contribution is 5.32. The molecule has 2 heterocycles. The Kier molecular flexibility index (Phi) is 12.5. The van der Waals surface area contributed by atoms with Crippen LogP contribution in [0.2, 0.25) is 0 Å². The topological polar surface area (TPSA) is 88.5 Å². The summed E-state index contributed by atoms with van der Waals surface area (Å²) >= 11 is 0. The molecule has 1 fully saturated rings. The second kappa shape index (κ2) is 18.8. The maximum absolute atomic E-state index is 6.05. The smallest absolute Gasteiger partial charge is 0.320 e. The molecule has 7 aromatic rings. The van der Waals surface area contributed by atoms with Crippen molar-refractivity contribution in [1.82, 2.24) is 19.9 Å². The quantitative estimate of drug-likeness (QED) is 0.110. The molecule has 0 N–H and O–H groups in total. The summed E-state index contributed by atoms with van der Waals surface area (Å²) in [7, 11) is 0. The van der Waals surface area contributed by atoms with Crippen molar-refractivity contribution in [2.45, 2.75) is 51.1 Å². The summed E-state index contributed by atoms with van der Waals surface area (Å²) in [4.78, 5) is 17.7. The average Bonchev–Trinajstić information content (AvgIpc) is 3.23. The lowest BCUT2D eigenvalue weighted by Gasteiger charge is -2.36. The molecule has 0 spiro atoms. The summed E-state index contributed by atoms with van der Waals surface area (Å²) in [5.41, 5.74) is 6.70. The van der Waals surface area contributed by atoms with Crippen molar-refractivity contribution in [3.63, 3.8) is 0 Å². The van der Waals surface area contributed by atoms with Gasteiger partial charge in [0.2, 0.25) is 11.8 Å². The molecule has 0 saturated heterocycles. The van der Waals surface area contributed by atoms with Gasteiger partial charge in [-0.25, -0.2) is 4.98 Å². The van der Waals surface area contributed by atoms with E-state index in [9.17, 15) is 0 Å². The zero-order chi connectivity index (χ0) is 36.6. The minimum atomic E-state index is 0.314. The second-order valence-electron chi connectivity index (χ2n) is 12.9. The Morgan fingerprint density at radius 1 is 0.407 bits per heavy atom. The van der Waals surface area contributed by atoms with Gasteiger partial charge >= 0.3 is 12.0 Å². The first-order valence-electron chi connectivity index (χ1n) is 18.2. The fourth-order valence-electron chi connectivity index (χ4n) is 6.08. The largest absolute Gasteiger partial charge is 0.473 e. The highest BCUT2D eigenvalue weighted by Gasteiger charge is 2.35. The number of ether oxygens (including phenoxy) is 4. The van der Waals surface area contributed by atoms with Gasteiger partial charge in [0.1, 0.15) is 26.4 Å². The van der Waals surface area contributed by atoms with E-state index < -0.39 is 0 Å². The maximum Gasteiger partial charge on any atom is 0.320 e. The predicted octanol–water partition coefficient (Wildman–Crippen LogP) is 9.93. The van der Waals surface area contributed by atoms with Crippen LogP contribution < -0.4 is 18.9 Å². The number of hydrogen-bond acceptors (Lipinski definition) is 8. The van der Waals surface area contributed by atoms with Crippen LogP contribution in [0.4, 0.5) is 0 Å². The van der Waals surface area contributed by atoms with E-state index in [-0.39, 0.29) is 0 Å². The van der Waals surface area contributed by atoms with Gasteiger partial charge in [-0.2, -0.15) is 15.0 Å². The fraction of sp³-hybridized carbons (Fsp3) is 0.174. The summed E-state index contributed by atoms with van der Waals surface area (Å²) in [5.74, 6) is 1.87. The molecule has 8 rings (SSSR count). The molecule has 1 unspecified atom stereocenters. The zero-order valence-corrected chi connectivity index (χ0v) is 30.0. The zero-order valence-electron chi connectivity index (χ0n) is 30.0. The molecule has 0 amide bonds. The number of rotatable bonds is 14. The first kappa shape index (κ1) is 35.8. The lowest BCUT2D eigenvalue weighted by atomic mass is 9.68. The summed E-state index contributed by atoms with van der Waals surface area (Å²) in [6.45, 7) is 1.79. The Labute approximate surface area is 316 Å². The van der Waals surface area contributed by atoms with Crippen LogP contribution in [0.1, 0.15) is 58.2 Å². The molecule has 2 aromatic heterocycles. The molecule has 270 valence electrons. The molecule has 2 atom stereocenters. The normalized spacial score (nSPS) is 14.4. The maximum atomic E-state index is 6.05. The molecule has 1 aliphatic rings. The molecular formula is C46H42N4O4. The average molecular weight is 715 g/mol. The van der Waals surface area contributed by atoms with Crippen molar-refractivity contribution in [1.29, 1.82) is 0 Å². The van der Waals surface area contributed by atoms with E-state index >= 15 is 0 Å². The number of benzene rings is 5. The first-order chi connectivity index (χ1) is 26.7. The summed E-state index contributed by atoms with van der Waals surface area (Å²) in [6.07, 6.45) is 3.90. The van der Waals surface area contributed by atoms with Crippen molar-refractivity contribution >= 4 is 0 Å². The summed E-state index contributed by atoms with van der Waals surface area (Å²) < 4.78 is 23.3. The van der Waals surface area contributed by atoms with Crippen LogP contribution in [-0.2, 0) is 26.4 Å². The van der Waals surface area contributed by atoms with Crippen LogP contribution >= 0.6 is 0 Å². The molecule has 54 heavy (non-hydrogen) atoms. The lowest BCUT2D eigenvalue weighted by molar-refractivity contribution is 0.252. The summed E-state index contributed by atoms with van der Waals surface area (Å²) in [6, 6.07) is 55.1. The van der Waals surface area contributed by atoms with Gasteiger partial charge in [0.25, 0.3) is 0 Å². The third-order valence-corrected chi connectivity index (χ3v) is 9.07. The summed E-state index contributed by atoms with van der Waals surface area (Å²) in [5, 5.41) is 0. The van der Waals surface area contributed by atoms with Gasteiger partial charge in [-0.3, -0.25) is 0 Å². The Morgan fingerprint density at radius 2 is 0.833 bits per heavy atom. The Bertz CT molecular complexity index is 2020. The van der Waals surface area contributed by atoms with Crippen LogP contribution in [0.15, 0.2) is 170 Å². The SMILES string of the molecule is c1ccc(COc2cc([C@H]3CCC3c3ccccc3)nc(OCc3ccccc3)n2)cc1.c1ccc(COc2ccnc(OCc3ccccc3)n2)cc1. The third-order valence-electron chi connectivity index (χ3n) is 9.07. The van der Waals surface area contributed by atoms with E-state index in [1.165, 1.54) is 12.0 Å². The van der Waals surface area contributed by atoms with Gasteiger partial charge in [-0.15, -0.1) is 0 Å². The van der Waals surface area contributed by atoms with E-state index in [1.807, 2.05) is 127 Å². The monoisotopic (exact) mass is 714 g/mol. The van der Waals surface area contributed by atoms with Gasteiger partial charge in [-0.1, -0.05) is 152 Å². The number of nitrogens with zero attached hydrogens (tertiary/aromatic N) is 4. The molecule has 0 aliphatic heterocycles. The van der Waals surface area contributed by atoms with Crippen LogP contribution in [0.5, 0.6) is 23.8 Å². The molecule has 0 bridgehead atoms. The Hall–Kier alpha value is -6.54. The highest BCUT2D eigenvalue weighted by atomic mass is 16.5. The van der Waals surface area contributed by atoms with Crippen molar-refractivity contribution < 1.29 is 18.9 Å². The molecule has 1 aliphatic carbocycles. The fourth-order valence-corrected chi connectivity index (χ4v) is 6.08. The minimum absolute atomic E-state index is 0.314. The molecular weight excluding hydrogens is 673 g/mol. The van der Waals surface area contributed by atoms with E-state index in [2.05, 4.69) is 45.3 Å². The first-order valence-corrected chi connectivity index (χ1v) is 18.2. The molecule has 8 heteroatoms. The number of aromatic nitrogens is 4. The molecule has 1 saturated carbocycles. The Balaban J connectivity index is 0.000000179. The molecule has 5 aromatic carbocycles. The van der Waals surface area contributed by atoms with Crippen LogP contribution in [0.25, 0.3) is 0 Å². The van der Waals surface area contributed by atoms with Gasteiger partial charge in [0.15, 0.2) is 0 Å². The molecule has 8 nitrogen and oxygen atoms in total. The third kappa shape index (κ3) is 10.5. The Morgan fingerprint density at radius 3 is 1.33 bits per heavy atom. The second-order valence-corrected chi connectivity index (χ2v) is 12.9. The van der Waals surface area contributed by atoms with Crippen LogP contribution in [-0.4, -0.2) is 19.9 Å². The van der Waals surface area contributed by atoms with Gasteiger partial charge in [0.05, 0.1) is 5.69 Å². The minimum Gasteiger partial charge on any atom is -0.473 e. The van der Waals surface area contributed by atoms with Gasteiger partial charge in [0, 0.05) is 24.2 Å². The van der Waals surface area contributed by atoms with Crippen LogP contribution in [0.3, 0.4) is 0 Å². The van der Waals surface area contributed by atoms with Crippen molar-refractivity contribution in [2.24, 2.45) is 0 Å². The van der Waals surface area contributed by atoms with Crippen molar-refractivity contribution in [3.05, 3.63) is 203 Å². The van der Waals surface area contributed by atoms with E-state index in [0.717, 1.165) is 34.4 Å². The molecule has 0 radical (unpaired) electrons. The standard InChI is InChI=1S/C28H26N2O2.C18H16N2O2/c1-4-10-21(11-5-1)19-31-27-18-26(25-17-16-24(25)23-14-8-3-9-15-23)29-28(30-27)32-20-22-12-6-2-7-13-22;1-3-7-15(8-4-1)13-21-17-11-12-19-18(20-17)22-14-16-9-5-2-6-10-16/h1-15,18,24-25H,16-17,19-20H2;1-12H,13-14H2/t24?,25-;/m0./s1.